The number of carbonyl (C=O) groups is 1. The number of benzene rings is 3. The highest BCUT2D eigenvalue weighted by molar-refractivity contribution is 5.88. The van der Waals surface area contributed by atoms with Crippen molar-refractivity contribution in [1.82, 2.24) is 0 Å². The number of nitro groups is 1. The van der Waals surface area contributed by atoms with Crippen LogP contribution in [0.1, 0.15) is 5.56 Å². The first kappa shape index (κ1) is 18.2. The average molecular weight is 366 g/mol. The van der Waals surface area contributed by atoms with Gasteiger partial charge in [-0.15, -0.1) is 0 Å². The molecule has 0 aliphatic carbocycles. The van der Waals surface area contributed by atoms with Crippen molar-refractivity contribution in [1.29, 1.82) is 0 Å². The summed E-state index contributed by atoms with van der Waals surface area (Å²) >= 11 is 0. The van der Waals surface area contributed by atoms with Crippen molar-refractivity contribution in [2.45, 2.75) is 6.92 Å². The number of fused-ring (bicyclic) bond motifs is 1. The molecule has 7 nitrogen and oxygen atoms in total. The number of aryl methyl sites for hydroxylation is 1. The summed E-state index contributed by atoms with van der Waals surface area (Å²) in [6.45, 7) is 1.91. The first-order chi connectivity index (χ1) is 13.0. The summed E-state index contributed by atoms with van der Waals surface area (Å²) in [5.41, 5.74) is 0.633. The van der Waals surface area contributed by atoms with Gasteiger partial charge in [-0.25, -0.2) is 4.79 Å². The fraction of sp³-hybridized carbons (Fsp3) is 0.150. The number of carbonyl (C=O) groups excluding carboxylic acids is 1. The number of hydrogen-bond acceptors (Lipinski definition) is 5. The maximum Gasteiger partial charge on any atom is 0.411 e. The second-order valence-corrected chi connectivity index (χ2v) is 5.86. The van der Waals surface area contributed by atoms with E-state index in [0.717, 1.165) is 16.3 Å². The van der Waals surface area contributed by atoms with Crippen LogP contribution in [-0.2, 0) is 4.74 Å². The SMILES string of the molecule is Cc1ccc(NC(=O)OCCOc2cccc3ccccc23)c([N+](=O)[O-])c1. The van der Waals surface area contributed by atoms with E-state index >= 15 is 0 Å². The first-order valence-corrected chi connectivity index (χ1v) is 8.34. The number of rotatable bonds is 6. The van der Waals surface area contributed by atoms with Gasteiger partial charge in [0.2, 0.25) is 0 Å². The van der Waals surface area contributed by atoms with Gasteiger partial charge in [-0.05, 0) is 30.0 Å². The number of ether oxygens (including phenoxy) is 2. The highest BCUT2D eigenvalue weighted by Gasteiger charge is 2.16. The van der Waals surface area contributed by atoms with Gasteiger partial charge < -0.3 is 9.47 Å². The molecule has 0 radical (unpaired) electrons. The molecule has 0 atom stereocenters. The Morgan fingerprint density at radius 2 is 1.85 bits per heavy atom. The molecule has 0 saturated heterocycles. The molecule has 0 aliphatic rings. The summed E-state index contributed by atoms with van der Waals surface area (Å²) in [6.07, 6.45) is -0.775. The molecule has 0 bridgehead atoms. The summed E-state index contributed by atoms with van der Waals surface area (Å²) in [5.74, 6) is 0.700. The van der Waals surface area contributed by atoms with Crippen molar-refractivity contribution in [3.63, 3.8) is 0 Å². The zero-order valence-corrected chi connectivity index (χ0v) is 14.7. The van der Waals surface area contributed by atoms with Gasteiger partial charge in [-0.2, -0.15) is 0 Å². The Morgan fingerprint density at radius 1 is 1.07 bits per heavy atom. The molecule has 0 spiro atoms. The first-order valence-electron chi connectivity index (χ1n) is 8.34. The van der Waals surface area contributed by atoms with E-state index < -0.39 is 11.0 Å². The molecule has 0 heterocycles. The minimum Gasteiger partial charge on any atom is -0.489 e. The van der Waals surface area contributed by atoms with E-state index in [-0.39, 0.29) is 24.6 Å². The van der Waals surface area contributed by atoms with Gasteiger partial charge in [0.15, 0.2) is 0 Å². The molecule has 0 aliphatic heterocycles. The fourth-order valence-electron chi connectivity index (χ4n) is 2.65. The van der Waals surface area contributed by atoms with Gasteiger partial charge in [-0.1, -0.05) is 42.5 Å². The maximum absolute atomic E-state index is 11.9. The number of nitrogens with one attached hydrogen (secondary N) is 1. The predicted molar refractivity (Wildman–Crippen MR) is 102 cm³/mol. The minimum absolute atomic E-state index is 0.00864. The van der Waals surface area contributed by atoms with Crippen molar-refractivity contribution < 1.29 is 19.2 Å². The molecule has 138 valence electrons. The van der Waals surface area contributed by atoms with Gasteiger partial charge in [0, 0.05) is 11.5 Å². The average Bonchev–Trinajstić information content (AvgIpc) is 2.66. The van der Waals surface area contributed by atoms with E-state index in [2.05, 4.69) is 5.32 Å². The zero-order valence-electron chi connectivity index (χ0n) is 14.7. The van der Waals surface area contributed by atoms with Crippen LogP contribution in [0.15, 0.2) is 60.7 Å². The van der Waals surface area contributed by atoms with Crippen molar-refractivity contribution >= 4 is 28.2 Å². The Bertz CT molecular complexity index is 982. The van der Waals surface area contributed by atoms with Gasteiger partial charge in [-0.3, -0.25) is 15.4 Å². The third-order valence-corrected chi connectivity index (χ3v) is 3.91. The van der Waals surface area contributed by atoms with E-state index in [1.165, 1.54) is 12.1 Å². The Hall–Kier alpha value is -3.61. The van der Waals surface area contributed by atoms with Crippen LogP contribution >= 0.6 is 0 Å². The molecule has 3 aromatic rings. The molecule has 7 heteroatoms. The third-order valence-electron chi connectivity index (χ3n) is 3.91. The van der Waals surface area contributed by atoms with E-state index in [1.54, 1.807) is 13.0 Å². The van der Waals surface area contributed by atoms with Crippen LogP contribution in [0.25, 0.3) is 10.8 Å². The van der Waals surface area contributed by atoms with Crippen LogP contribution in [0.4, 0.5) is 16.2 Å². The van der Waals surface area contributed by atoms with Crippen LogP contribution in [-0.4, -0.2) is 24.2 Å². The van der Waals surface area contributed by atoms with Gasteiger partial charge in [0.25, 0.3) is 5.69 Å². The normalized spacial score (nSPS) is 10.4. The van der Waals surface area contributed by atoms with Crippen molar-refractivity contribution in [3.8, 4) is 5.75 Å². The number of amides is 1. The molecule has 0 unspecified atom stereocenters. The van der Waals surface area contributed by atoms with Crippen LogP contribution < -0.4 is 10.1 Å². The zero-order chi connectivity index (χ0) is 19.2. The molecule has 1 amide bonds. The van der Waals surface area contributed by atoms with Crippen LogP contribution in [0, 0.1) is 17.0 Å². The topological polar surface area (TPSA) is 90.7 Å². The van der Waals surface area contributed by atoms with Gasteiger partial charge in [0.1, 0.15) is 24.7 Å². The van der Waals surface area contributed by atoms with E-state index in [9.17, 15) is 14.9 Å². The highest BCUT2D eigenvalue weighted by atomic mass is 16.6. The summed E-state index contributed by atoms with van der Waals surface area (Å²) in [4.78, 5) is 22.4. The number of anilines is 1. The molecule has 0 saturated carbocycles. The lowest BCUT2D eigenvalue weighted by molar-refractivity contribution is -0.384. The largest absolute Gasteiger partial charge is 0.489 e. The van der Waals surface area contributed by atoms with E-state index in [0.29, 0.717) is 5.75 Å². The number of nitrogens with zero attached hydrogens (tertiary/aromatic N) is 1. The molecular weight excluding hydrogens is 348 g/mol. The van der Waals surface area contributed by atoms with Crippen molar-refractivity contribution in [2.75, 3.05) is 18.5 Å². The number of hydrogen-bond donors (Lipinski definition) is 1. The molecule has 27 heavy (non-hydrogen) atoms. The second kappa shape index (κ2) is 8.18. The minimum atomic E-state index is -0.775. The van der Waals surface area contributed by atoms with Gasteiger partial charge >= 0.3 is 6.09 Å². The maximum atomic E-state index is 11.9. The monoisotopic (exact) mass is 366 g/mol. The highest BCUT2D eigenvalue weighted by Crippen LogP contribution is 2.26. The lowest BCUT2D eigenvalue weighted by Gasteiger charge is -2.10. The third kappa shape index (κ3) is 4.52. The molecule has 3 rings (SSSR count). The molecule has 1 N–H and O–H groups in total. The quantitative estimate of drug-likeness (QED) is 0.388. The molecule has 3 aromatic carbocycles. The summed E-state index contributed by atoms with van der Waals surface area (Å²) in [6, 6.07) is 18.1. The summed E-state index contributed by atoms with van der Waals surface area (Å²) in [7, 11) is 0. The molecule has 0 fully saturated rings. The van der Waals surface area contributed by atoms with Crippen LogP contribution in [0.3, 0.4) is 0 Å². The van der Waals surface area contributed by atoms with Crippen molar-refractivity contribution in [3.05, 3.63) is 76.3 Å². The van der Waals surface area contributed by atoms with Crippen LogP contribution in [0.2, 0.25) is 0 Å². The summed E-state index contributed by atoms with van der Waals surface area (Å²) < 4.78 is 10.7. The smallest absolute Gasteiger partial charge is 0.411 e. The standard InChI is InChI=1S/C20H18N2O5/c1-14-9-10-17(18(13-14)22(24)25)21-20(23)27-12-11-26-19-8-4-6-15-5-2-3-7-16(15)19/h2-10,13H,11-12H2,1H3,(H,21,23). The second-order valence-electron chi connectivity index (χ2n) is 5.86. The number of nitro benzene ring substituents is 1. The Labute approximate surface area is 155 Å². The molecular formula is C20H18N2O5. The van der Waals surface area contributed by atoms with Crippen LogP contribution in [0.5, 0.6) is 5.75 Å². The van der Waals surface area contributed by atoms with Crippen molar-refractivity contribution in [2.24, 2.45) is 0 Å². The van der Waals surface area contributed by atoms with Gasteiger partial charge in [0.05, 0.1) is 4.92 Å². The lowest BCUT2D eigenvalue weighted by atomic mass is 10.1. The Balaban J connectivity index is 1.54. The predicted octanol–water partition coefficient (Wildman–Crippen LogP) is 4.68. The fourth-order valence-corrected chi connectivity index (χ4v) is 2.65. The summed E-state index contributed by atoms with van der Waals surface area (Å²) in [5, 5.41) is 15.5. The van der Waals surface area contributed by atoms with E-state index in [1.807, 2.05) is 42.5 Å². The Kier molecular flexibility index (Phi) is 5.51. The molecule has 0 aromatic heterocycles. The lowest BCUT2D eigenvalue weighted by Crippen LogP contribution is -2.18. The van der Waals surface area contributed by atoms with E-state index in [4.69, 9.17) is 9.47 Å². The Morgan fingerprint density at radius 3 is 2.67 bits per heavy atom.